The summed E-state index contributed by atoms with van der Waals surface area (Å²) in [6.07, 6.45) is 0. The summed E-state index contributed by atoms with van der Waals surface area (Å²) in [6, 6.07) is 5.66. The largest absolute Gasteiger partial charge is 0.489 e. The van der Waals surface area contributed by atoms with E-state index in [4.69, 9.17) is 27.9 Å². The maximum absolute atomic E-state index is 6.15. The first kappa shape index (κ1) is 14.4. The summed E-state index contributed by atoms with van der Waals surface area (Å²) >= 11 is 11.7. The minimum atomic E-state index is 0.475. The van der Waals surface area contributed by atoms with Gasteiger partial charge in [-0.2, -0.15) is 0 Å². The molecule has 1 aromatic carbocycles. The van der Waals surface area contributed by atoms with Gasteiger partial charge in [0.25, 0.3) is 0 Å². The molecule has 0 atom stereocenters. The zero-order valence-corrected chi connectivity index (χ0v) is 11.6. The second-order valence-corrected chi connectivity index (χ2v) is 4.37. The highest BCUT2D eigenvalue weighted by Gasteiger charge is 2.07. The molecule has 94 valence electrons. The maximum Gasteiger partial charge on any atom is 0.125 e. The number of benzene rings is 1. The molecule has 1 N–H and O–H groups in total. The van der Waals surface area contributed by atoms with Crippen LogP contribution in [-0.2, 0) is 6.54 Å². The fourth-order valence-electron chi connectivity index (χ4n) is 1.32. The van der Waals surface area contributed by atoms with Crippen LogP contribution in [0.15, 0.2) is 29.3 Å². The smallest absolute Gasteiger partial charge is 0.125 e. The van der Waals surface area contributed by atoms with E-state index in [9.17, 15) is 0 Å². The first-order chi connectivity index (χ1) is 8.19. The third-order valence-electron chi connectivity index (χ3n) is 2.27. The Morgan fingerprint density at radius 2 is 2.24 bits per heavy atom. The molecule has 1 aromatic rings. The molecular formula is C13H17Cl2NO. The summed E-state index contributed by atoms with van der Waals surface area (Å²) in [4.78, 5) is 0. The van der Waals surface area contributed by atoms with Crippen LogP contribution in [0, 0.1) is 0 Å². The monoisotopic (exact) mass is 273 g/mol. The molecule has 0 heterocycles. The molecule has 0 bridgehead atoms. The zero-order valence-electron chi connectivity index (χ0n) is 10.1. The predicted octanol–water partition coefficient (Wildman–Crippen LogP) is 3.97. The Morgan fingerprint density at radius 3 is 2.88 bits per heavy atom. The van der Waals surface area contributed by atoms with Crippen molar-refractivity contribution in [3.63, 3.8) is 0 Å². The molecule has 0 radical (unpaired) electrons. The van der Waals surface area contributed by atoms with Gasteiger partial charge in [-0.1, -0.05) is 36.2 Å². The van der Waals surface area contributed by atoms with Crippen LogP contribution in [0.2, 0.25) is 5.02 Å². The Kier molecular flexibility index (Phi) is 6.41. The van der Waals surface area contributed by atoms with Gasteiger partial charge in [0, 0.05) is 22.7 Å². The second kappa shape index (κ2) is 7.59. The normalized spacial score (nSPS) is 11.6. The van der Waals surface area contributed by atoms with Gasteiger partial charge < -0.3 is 10.1 Å². The molecule has 0 spiro atoms. The summed E-state index contributed by atoms with van der Waals surface area (Å²) in [7, 11) is 0. The van der Waals surface area contributed by atoms with Crippen LogP contribution in [-0.4, -0.2) is 13.2 Å². The Labute approximate surface area is 113 Å². The standard InChI is InChI=1S/C13H17Cl2NO/c1-3-16-8-11-12(15)5-4-6-13(11)17-9-10(2)7-14/h4-7,16H,3,8-9H2,1-2H3/b10-7+. The highest BCUT2D eigenvalue weighted by atomic mass is 35.5. The van der Waals surface area contributed by atoms with Crippen molar-refractivity contribution >= 4 is 23.2 Å². The molecule has 1 rings (SSSR count). The van der Waals surface area contributed by atoms with Gasteiger partial charge in [-0.3, -0.25) is 0 Å². The number of hydrogen-bond acceptors (Lipinski definition) is 2. The lowest BCUT2D eigenvalue weighted by Gasteiger charge is -2.13. The molecule has 0 unspecified atom stereocenters. The summed E-state index contributed by atoms with van der Waals surface area (Å²) in [6.45, 7) is 6.04. The second-order valence-electron chi connectivity index (χ2n) is 3.74. The molecular weight excluding hydrogens is 257 g/mol. The zero-order chi connectivity index (χ0) is 12.7. The van der Waals surface area contributed by atoms with Gasteiger partial charge >= 0.3 is 0 Å². The maximum atomic E-state index is 6.15. The van der Waals surface area contributed by atoms with E-state index in [2.05, 4.69) is 12.2 Å². The number of ether oxygens (including phenoxy) is 1. The van der Waals surface area contributed by atoms with Crippen LogP contribution in [0.1, 0.15) is 19.4 Å². The van der Waals surface area contributed by atoms with Crippen LogP contribution in [0.25, 0.3) is 0 Å². The van der Waals surface area contributed by atoms with Crippen LogP contribution in [0.5, 0.6) is 5.75 Å². The summed E-state index contributed by atoms with van der Waals surface area (Å²) in [5.74, 6) is 0.802. The SMILES string of the molecule is CCNCc1c(Cl)cccc1OC/C(C)=C/Cl. The highest BCUT2D eigenvalue weighted by molar-refractivity contribution is 6.31. The van der Waals surface area contributed by atoms with Gasteiger partial charge in [0.2, 0.25) is 0 Å². The fourth-order valence-corrected chi connectivity index (χ4v) is 1.61. The van der Waals surface area contributed by atoms with Gasteiger partial charge in [0.05, 0.1) is 0 Å². The summed E-state index contributed by atoms with van der Waals surface area (Å²) < 4.78 is 5.69. The van der Waals surface area contributed by atoms with Crippen molar-refractivity contribution in [2.24, 2.45) is 0 Å². The number of hydrogen-bond donors (Lipinski definition) is 1. The van der Waals surface area contributed by atoms with Crippen molar-refractivity contribution in [2.75, 3.05) is 13.2 Å². The van der Waals surface area contributed by atoms with Crippen LogP contribution >= 0.6 is 23.2 Å². The lowest BCUT2D eigenvalue weighted by molar-refractivity contribution is 0.347. The van der Waals surface area contributed by atoms with E-state index in [0.717, 1.165) is 28.5 Å². The first-order valence-electron chi connectivity index (χ1n) is 5.55. The topological polar surface area (TPSA) is 21.3 Å². The Balaban J connectivity index is 2.79. The van der Waals surface area contributed by atoms with Crippen molar-refractivity contribution in [1.29, 1.82) is 0 Å². The molecule has 0 amide bonds. The van der Waals surface area contributed by atoms with Gasteiger partial charge in [0.15, 0.2) is 0 Å². The van der Waals surface area contributed by atoms with Crippen molar-refractivity contribution in [3.8, 4) is 5.75 Å². The van der Waals surface area contributed by atoms with E-state index in [1.54, 1.807) is 0 Å². The van der Waals surface area contributed by atoms with Crippen LogP contribution in [0.4, 0.5) is 0 Å². The Bertz CT molecular complexity index is 391. The molecule has 17 heavy (non-hydrogen) atoms. The van der Waals surface area contributed by atoms with E-state index in [0.29, 0.717) is 13.2 Å². The summed E-state index contributed by atoms with van der Waals surface area (Å²) in [5, 5.41) is 3.96. The van der Waals surface area contributed by atoms with Crippen molar-refractivity contribution in [2.45, 2.75) is 20.4 Å². The first-order valence-corrected chi connectivity index (χ1v) is 6.37. The van der Waals surface area contributed by atoms with E-state index in [1.165, 1.54) is 5.54 Å². The van der Waals surface area contributed by atoms with Gasteiger partial charge in [-0.25, -0.2) is 0 Å². The van der Waals surface area contributed by atoms with E-state index in [1.807, 2.05) is 25.1 Å². The van der Waals surface area contributed by atoms with Crippen molar-refractivity contribution in [1.82, 2.24) is 5.32 Å². The van der Waals surface area contributed by atoms with Crippen LogP contribution < -0.4 is 10.1 Å². The van der Waals surface area contributed by atoms with Crippen molar-refractivity contribution in [3.05, 3.63) is 39.9 Å². The third kappa shape index (κ3) is 4.58. The van der Waals surface area contributed by atoms with Gasteiger partial charge in [0.1, 0.15) is 12.4 Å². The quantitative estimate of drug-likeness (QED) is 0.847. The third-order valence-corrected chi connectivity index (χ3v) is 3.00. The summed E-state index contributed by atoms with van der Waals surface area (Å²) in [5.41, 5.74) is 3.48. The minimum absolute atomic E-state index is 0.475. The molecule has 0 saturated carbocycles. The van der Waals surface area contributed by atoms with E-state index < -0.39 is 0 Å². The average molecular weight is 274 g/mol. The Hall–Kier alpha value is -0.700. The number of rotatable bonds is 6. The van der Waals surface area contributed by atoms with Gasteiger partial charge in [-0.15, -0.1) is 0 Å². The van der Waals surface area contributed by atoms with Crippen molar-refractivity contribution < 1.29 is 4.74 Å². The van der Waals surface area contributed by atoms with E-state index >= 15 is 0 Å². The average Bonchev–Trinajstić information content (AvgIpc) is 2.34. The van der Waals surface area contributed by atoms with Gasteiger partial charge in [-0.05, 0) is 31.2 Å². The molecule has 0 aliphatic carbocycles. The number of nitrogens with one attached hydrogen (secondary N) is 1. The molecule has 2 nitrogen and oxygen atoms in total. The molecule has 0 saturated heterocycles. The molecule has 0 fully saturated rings. The fraction of sp³-hybridized carbons (Fsp3) is 0.385. The highest BCUT2D eigenvalue weighted by Crippen LogP contribution is 2.26. The minimum Gasteiger partial charge on any atom is -0.489 e. The lowest BCUT2D eigenvalue weighted by Crippen LogP contribution is -2.13. The molecule has 4 heteroatoms. The Morgan fingerprint density at radius 1 is 1.47 bits per heavy atom. The lowest BCUT2D eigenvalue weighted by atomic mass is 10.2. The van der Waals surface area contributed by atoms with Crippen LogP contribution in [0.3, 0.4) is 0 Å². The molecule has 0 aliphatic rings. The predicted molar refractivity (Wildman–Crippen MR) is 73.9 cm³/mol. The molecule has 0 aromatic heterocycles. The number of halogens is 2. The molecule has 0 aliphatic heterocycles. The van der Waals surface area contributed by atoms with E-state index in [-0.39, 0.29) is 0 Å².